The average Bonchev–Trinajstić information content (AvgIpc) is 2.38. The highest BCUT2D eigenvalue weighted by molar-refractivity contribution is 7.89. The first-order valence-electron chi connectivity index (χ1n) is 6.09. The van der Waals surface area contributed by atoms with Crippen molar-refractivity contribution >= 4 is 10.0 Å². The second-order valence-corrected chi connectivity index (χ2v) is 7.15. The second kappa shape index (κ2) is 4.81. The summed E-state index contributed by atoms with van der Waals surface area (Å²) in [6.07, 6.45) is -0.290. The van der Waals surface area contributed by atoms with Crippen molar-refractivity contribution in [1.29, 1.82) is 5.26 Å². The van der Waals surface area contributed by atoms with Gasteiger partial charge in [0, 0.05) is 11.5 Å². The van der Waals surface area contributed by atoms with Gasteiger partial charge in [0.25, 0.3) is 0 Å². The summed E-state index contributed by atoms with van der Waals surface area (Å²) >= 11 is 0. The third-order valence-electron chi connectivity index (χ3n) is 3.89. The highest BCUT2D eigenvalue weighted by atomic mass is 32.2. The molecule has 20 heavy (non-hydrogen) atoms. The first-order chi connectivity index (χ1) is 9.20. The summed E-state index contributed by atoms with van der Waals surface area (Å²) in [5, 5.41) is 18.5. The zero-order valence-electron chi connectivity index (χ0n) is 11.1. The molecule has 1 aliphatic carbocycles. The average molecular weight is 298 g/mol. The molecule has 0 aliphatic heterocycles. The molecule has 2 N–H and O–H groups in total. The number of hydrogen-bond donors (Lipinski definition) is 2. The van der Waals surface area contributed by atoms with Crippen molar-refractivity contribution in [2.45, 2.75) is 37.3 Å². The normalized spacial score (nSPS) is 24.8. The van der Waals surface area contributed by atoms with Gasteiger partial charge in [-0.05, 0) is 18.6 Å². The van der Waals surface area contributed by atoms with Crippen LogP contribution in [0.15, 0.2) is 23.1 Å². The first kappa shape index (κ1) is 14.9. The van der Waals surface area contributed by atoms with Crippen molar-refractivity contribution in [3.05, 3.63) is 29.6 Å². The number of nitrogens with one attached hydrogen (secondary N) is 1. The van der Waals surface area contributed by atoms with Gasteiger partial charge in [-0.3, -0.25) is 0 Å². The Morgan fingerprint density at radius 3 is 2.65 bits per heavy atom. The quantitative estimate of drug-likeness (QED) is 0.875. The Bertz CT molecular complexity index is 679. The number of benzene rings is 1. The van der Waals surface area contributed by atoms with E-state index in [0.717, 1.165) is 6.07 Å². The van der Waals surface area contributed by atoms with E-state index in [2.05, 4.69) is 4.72 Å². The fourth-order valence-electron chi connectivity index (χ4n) is 2.19. The van der Waals surface area contributed by atoms with E-state index < -0.39 is 39.0 Å². The molecule has 2 atom stereocenters. The van der Waals surface area contributed by atoms with Gasteiger partial charge in [0.15, 0.2) is 0 Å². The molecule has 0 spiro atoms. The van der Waals surface area contributed by atoms with Crippen LogP contribution >= 0.6 is 0 Å². The highest BCUT2D eigenvalue weighted by Crippen LogP contribution is 2.41. The number of aliphatic hydroxyl groups excluding tert-OH is 1. The lowest BCUT2D eigenvalue weighted by molar-refractivity contribution is -0.0645. The molecule has 0 bridgehead atoms. The summed E-state index contributed by atoms with van der Waals surface area (Å²) in [4.78, 5) is -0.378. The predicted molar refractivity (Wildman–Crippen MR) is 69.6 cm³/mol. The zero-order chi connectivity index (χ0) is 15.1. The summed E-state index contributed by atoms with van der Waals surface area (Å²) < 4.78 is 40.4. The van der Waals surface area contributed by atoms with Gasteiger partial charge < -0.3 is 5.11 Å². The maximum atomic E-state index is 13.5. The molecule has 1 aromatic rings. The fourth-order valence-corrected chi connectivity index (χ4v) is 3.76. The highest BCUT2D eigenvalue weighted by Gasteiger charge is 2.49. The van der Waals surface area contributed by atoms with Crippen molar-refractivity contribution in [2.24, 2.45) is 5.41 Å². The Balaban J connectivity index is 2.34. The van der Waals surface area contributed by atoms with Crippen molar-refractivity contribution in [3.63, 3.8) is 0 Å². The minimum atomic E-state index is -4.00. The summed E-state index contributed by atoms with van der Waals surface area (Å²) in [6, 6.07) is 4.58. The predicted octanol–water partition coefficient (Wildman–Crippen LogP) is 1.14. The van der Waals surface area contributed by atoms with E-state index in [4.69, 9.17) is 5.26 Å². The van der Waals surface area contributed by atoms with Gasteiger partial charge in [-0.25, -0.2) is 17.5 Å². The molecule has 1 aromatic carbocycles. The lowest BCUT2D eigenvalue weighted by atomic mass is 9.65. The maximum absolute atomic E-state index is 13.5. The van der Waals surface area contributed by atoms with E-state index in [1.165, 1.54) is 12.1 Å². The fraction of sp³-hybridized carbons (Fsp3) is 0.462. The van der Waals surface area contributed by atoms with Crippen LogP contribution in [0, 0.1) is 22.6 Å². The molecule has 0 aromatic heterocycles. The Kier molecular flexibility index (Phi) is 3.58. The number of sulfonamides is 1. The van der Waals surface area contributed by atoms with Gasteiger partial charge in [0.1, 0.15) is 22.3 Å². The van der Waals surface area contributed by atoms with Gasteiger partial charge in [-0.2, -0.15) is 5.26 Å². The van der Waals surface area contributed by atoms with E-state index in [1.54, 1.807) is 19.9 Å². The zero-order valence-corrected chi connectivity index (χ0v) is 11.9. The molecule has 2 unspecified atom stereocenters. The van der Waals surface area contributed by atoms with E-state index in [0.29, 0.717) is 6.42 Å². The minimum Gasteiger partial charge on any atom is -0.392 e. The van der Waals surface area contributed by atoms with Crippen LogP contribution in [0.3, 0.4) is 0 Å². The van der Waals surface area contributed by atoms with E-state index in [9.17, 15) is 17.9 Å². The number of nitrogens with zero attached hydrogens (tertiary/aromatic N) is 1. The summed E-state index contributed by atoms with van der Waals surface area (Å²) in [5.74, 6) is -0.872. The number of nitriles is 1. The lowest BCUT2D eigenvalue weighted by Gasteiger charge is -2.49. The Morgan fingerprint density at radius 2 is 2.15 bits per heavy atom. The van der Waals surface area contributed by atoms with E-state index in [-0.39, 0.29) is 4.90 Å². The molecular formula is C13H15FN2O3S. The molecule has 1 fully saturated rings. The van der Waals surface area contributed by atoms with Crippen molar-refractivity contribution in [3.8, 4) is 6.07 Å². The van der Waals surface area contributed by atoms with Crippen LogP contribution < -0.4 is 4.72 Å². The molecule has 1 aliphatic rings. The molecular weight excluding hydrogens is 283 g/mol. The molecule has 0 radical (unpaired) electrons. The van der Waals surface area contributed by atoms with Crippen LogP contribution in [0.2, 0.25) is 0 Å². The number of halogens is 1. The smallest absolute Gasteiger partial charge is 0.242 e. The van der Waals surface area contributed by atoms with Crippen molar-refractivity contribution in [1.82, 2.24) is 4.72 Å². The SMILES string of the molecule is CC1(C)C(O)CC1NS(=O)(=O)c1cccc(F)c1C#N. The van der Waals surface area contributed by atoms with Gasteiger partial charge in [-0.15, -0.1) is 0 Å². The third-order valence-corrected chi connectivity index (χ3v) is 5.40. The number of rotatable bonds is 3. The van der Waals surface area contributed by atoms with Gasteiger partial charge in [0.2, 0.25) is 10.0 Å². The van der Waals surface area contributed by atoms with Crippen LogP contribution in [0.25, 0.3) is 0 Å². The Labute approximate surface area is 117 Å². The molecule has 108 valence electrons. The van der Waals surface area contributed by atoms with Gasteiger partial charge in [0.05, 0.1) is 6.10 Å². The maximum Gasteiger partial charge on any atom is 0.242 e. The van der Waals surface area contributed by atoms with E-state index >= 15 is 0 Å². The molecule has 0 saturated heterocycles. The standard InChI is InChI=1S/C13H15FN2O3S/c1-13(2)11(6-12(13)17)16-20(18,19)10-5-3-4-9(14)8(10)7-15/h3-5,11-12,16-17H,6H2,1-2H3. The van der Waals surface area contributed by atoms with Crippen LogP contribution in [0.1, 0.15) is 25.8 Å². The number of hydrogen-bond acceptors (Lipinski definition) is 4. The van der Waals surface area contributed by atoms with Crippen LogP contribution in [-0.4, -0.2) is 25.7 Å². The van der Waals surface area contributed by atoms with Gasteiger partial charge in [-0.1, -0.05) is 19.9 Å². The molecule has 2 rings (SSSR count). The number of aliphatic hydroxyl groups is 1. The molecule has 5 nitrogen and oxygen atoms in total. The minimum absolute atomic E-state index is 0.295. The van der Waals surface area contributed by atoms with Crippen LogP contribution in [-0.2, 0) is 10.0 Å². The molecule has 0 amide bonds. The third kappa shape index (κ3) is 2.30. The van der Waals surface area contributed by atoms with Crippen molar-refractivity contribution in [2.75, 3.05) is 0 Å². The van der Waals surface area contributed by atoms with Gasteiger partial charge >= 0.3 is 0 Å². The molecule has 0 heterocycles. The summed E-state index contributed by atoms with van der Waals surface area (Å²) in [5.41, 5.74) is -1.09. The second-order valence-electron chi connectivity index (χ2n) is 5.47. The first-order valence-corrected chi connectivity index (χ1v) is 7.57. The summed E-state index contributed by atoms with van der Waals surface area (Å²) in [6.45, 7) is 3.48. The Morgan fingerprint density at radius 1 is 1.50 bits per heavy atom. The largest absolute Gasteiger partial charge is 0.392 e. The van der Waals surface area contributed by atoms with E-state index in [1.807, 2.05) is 0 Å². The molecule has 7 heteroatoms. The molecule has 1 saturated carbocycles. The lowest BCUT2D eigenvalue weighted by Crippen LogP contribution is -2.61. The van der Waals surface area contributed by atoms with Crippen LogP contribution in [0.4, 0.5) is 4.39 Å². The topological polar surface area (TPSA) is 90.2 Å². The summed E-state index contributed by atoms with van der Waals surface area (Å²) in [7, 11) is -4.00. The monoisotopic (exact) mass is 298 g/mol. The van der Waals surface area contributed by atoms with Crippen LogP contribution in [0.5, 0.6) is 0 Å². The van der Waals surface area contributed by atoms with Crippen molar-refractivity contribution < 1.29 is 17.9 Å². The Hall–Kier alpha value is -1.49.